The molecule has 186 valence electrons. The predicted molar refractivity (Wildman–Crippen MR) is 126 cm³/mol. The Kier molecular flexibility index (Phi) is 6.16. The molecule has 2 saturated heterocycles. The number of hydrogen-bond acceptors (Lipinski definition) is 4. The molecule has 2 aromatic carbocycles. The van der Waals surface area contributed by atoms with Crippen molar-refractivity contribution in [3.05, 3.63) is 58.2 Å². The van der Waals surface area contributed by atoms with E-state index in [-0.39, 0.29) is 22.0 Å². The van der Waals surface area contributed by atoms with Crippen LogP contribution in [0.5, 0.6) is 0 Å². The monoisotopic (exact) mass is 545 g/mol. The number of sulfonamides is 1. The SMILES string of the molecule is O=S(=O)(c1cc(-c2ncc(-c3ccc(C(F)(F)F)c(Cl)c3)[nH]2)ccc1Cl)N1C2CC[C@H]1C[C@@H](O)C2. The van der Waals surface area contributed by atoms with Gasteiger partial charge in [-0.1, -0.05) is 29.3 Å². The Balaban J connectivity index is 1.47. The van der Waals surface area contributed by atoms with Gasteiger partial charge in [-0.15, -0.1) is 0 Å². The van der Waals surface area contributed by atoms with E-state index in [4.69, 9.17) is 23.2 Å². The van der Waals surface area contributed by atoms with Crippen molar-refractivity contribution in [3.63, 3.8) is 0 Å². The van der Waals surface area contributed by atoms with Crippen LogP contribution in [0.4, 0.5) is 13.2 Å². The van der Waals surface area contributed by atoms with Crippen molar-refractivity contribution < 1.29 is 26.7 Å². The highest BCUT2D eigenvalue weighted by Gasteiger charge is 2.47. The van der Waals surface area contributed by atoms with Crippen LogP contribution in [-0.2, 0) is 16.2 Å². The normalized spacial score (nSPS) is 23.1. The molecule has 2 aliphatic heterocycles. The molecule has 3 aromatic rings. The number of imidazole rings is 1. The topological polar surface area (TPSA) is 86.3 Å². The number of nitrogens with zero attached hydrogens (tertiary/aromatic N) is 2. The van der Waals surface area contributed by atoms with Crippen molar-refractivity contribution in [1.82, 2.24) is 14.3 Å². The highest BCUT2D eigenvalue weighted by molar-refractivity contribution is 7.89. The minimum absolute atomic E-state index is 0.0551. The van der Waals surface area contributed by atoms with Crippen LogP contribution in [0.25, 0.3) is 22.6 Å². The van der Waals surface area contributed by atoms with Gasteiger partial charge in [0, 0.05) is 23.2 Å². The molecule has 1 aromatic heterocycles. The van der Waals surface area contributed by atoms with E-state index in [0.29, 0.717) is 48.3 Å². The summed E-state index contributed by atoms with van der Waals surface area (Å²) in [5.41, 5.74) is 0.320. The van der Waals surface area contributed by atoms with Gasteiger partial charge in [0.1, 0.15) is 10.7 Å². The fourth-order valence-electron chi connectivity index (χ4n) is 4.99. The number of halogens is 5. The second-order valence-electron chi connectivity index (χ2n) is 8.83. The highest BCUT2D eigenvalue weighted by Crippen LogP contribution is 2.42. The van der Waals surface area contributed by atoms with Crippen molar-refractivity contribution in [1.29, 1.82) is 0 Å². The van der Waals surface area contributed by atoms with Gasteiger partial charge in [-0.2, -0.15) is 17.5 Å². The fourth-order valence-corrected chi connectivity index (χ4v) is 7.67. The molecule has 0 saturated carbocycles. The highest BCUT2D eigenvalue weighted by atomic mass is 35.5. The molecule has 3 heterocycles. The number of alkyl halides is 3. The quantitative estimate of drug-likeness (QED) is 0.437. The summed E-state index contributed by atoms with van der Waals surface area (Å²) in [6.45, 7) is 0. The molecule has 12 heteroatoms. The van der Waals surface area contributed by atoms with Gasteiger partial charge in [0.15, 0.2) is 0 Å². The van der Waals surface area contributed by atoms with E-state index in [2.05, 4.69) is 9.97 Å². The molecule has 3 atom stereocenters. The number of aromatic amines is 1. The van der Waals surface area contributed by atoms with E-state index in [0.717, 1.165) is 6.07 Å². The summed E-state index contributed by atoms with van der Waals surface area (Å²) < 4.78 is 67.6. The van der Waals surface area contributed by atoms with E-state index in [1.165, 1.54) is 34.8 Å². The molecule has 2 N–H and O–H groups in total. The first-order valence-corrected chi connectivity index (χ1v) is 13.1. The summed E-state index contributed by atoms with van der Waals surface area (Å²) in [6.07, 6.45) is -1.48. The first-order valence-electron chi connectivity index (χ1n) is 10.9. The molecule has 0 aliphatic carbocycles. The van der Waals surface area contributed by atoms with Crippen LogP contribution in [0.15, 0.2) is 47.5 Å². The second kappa shape index (κ2) is 8.77. The summed E-state index contributed by atoms with van der Waals surface area (Å²) in [5, 5.41) is 9.67. The van der Waals surface area contributed by atoms with Crippen LogP contribution in [0.1, 0.15) is 31.2 Å². The van der Waals surface area contributed by atoms with Crippen molar-refractivity contribution in [2.45, 2.75) is 54.9 Å². The Morgan fingerprint density at radius 3 is 2.29 bits per heavy atom. The molecule has 1 unspecified atom stereocenters. The number of H-pyrrole nitrogens is 1. The van der Waals surface area contributed by atoms with Crippen molar-refractivity contribution in [3.8, 4) is 22.6 Å². The van der Waals surface area contributed by atoms with Gasteiger partial charge in [-0.25, -0.2) is 13.4 Å². The van der Waals surface area contributed by atoms with Crippen LogP contribution in [0.3, 0.4) is 0 Å². The predicted octanol–water partition coefficient (Wildman–Crippen LogP) is 5.75. The Labute approximate surface area is 209 Å². The number of piperidine rings is 1. The van der Waals surface area contributed by atoms with Crippen LogP contribution in [0, 0.1) is 0 Å². The van der Waals surface area contributed by atoms with Gasteiger partial charge in [0.25, 0.3) is 0 Å². The molecule has 2 fully saturated rings. The second-order valence-corrected chi connectivity index (χ2v) is 11.5. The summed E-state index contributed by atoms with van der Waals surface area (Å²) in [5.74, 6) is 0.321. The number of aromatic nitrogens is 2. The Morgan fingerprint density at radius 1 is 1.00 bits per heavy atom. The Bertz CT molecular complexity index is 1380. The maximum atomic E-state index is 13.6. The molecule has 2 aliphatic rings. The Hall–Kier alpha value is -2.11. The zero-order valence-corrected chi connectivity index (χ0v) is 20.4. The van der Waals surface area contributed by atoms with Crippen LogP contribution >= 0.6 is 23.2 Å². The van der Waals surface area contributed by atoms with Gasteiger partial charge >= 0.3 is 6.18 Å². The summed E-state index contributed by atoms with van der Waals surface area (Å²) >= 11 is 12.1. The minimum Gasteiger partial charge on any atom is -0.393 e. The third-order valence-electron chi connectivity index (χ3n) is 6.56. The maximum absolute atomic E-state index is 13.6. The van der Waals surface area contributed by atoms with Crippen molar-refractivity contribution in [2.24, 2.45) is 0 Å². The lowest BCUT2D eigenvalue weighted by molar-refractivity contribution is -0.137. The molecule has 5 rings (SSSR count). The molecular weight excluding hydrogens is 526 g/mol. The first-order chi connectivity index (χ1) is 16.4. The molecule has 2 bridgehead atoms. The lowest BCUT2D eigenvalue weighted by atomic mass is 10.0. The third kappa shape index (κ3) is 4.46. The van der Waals surface area contributed by atoms with Gasteiger partial charge in [0.05, 0.1) is 33.6 Å². The molecule has 0 amide bonds. The van der Waals surface area contributed by atoms with E-state index in [1.54, 1.807) is 6.07 Å². The standard InChI is InChI=1S/C23H20Cl2F3N3O3S/c24-18-6-2-13(8-21(18)35(33,34)31-14-3-4-15(31)10-16(32)9-14)22-29-11-20(30-22)12-1-5-17(19(25)7-12)23(26,27)28/h1-2,5-8,11,14-16,32H,3-4,9-10H2,(H,29,30)/t14-,15?,16+/m0/s1. The van der Waals surface area contributed by atoms with Crippen LogP contribution in [-0.4, -0.2) is 46.0 Å². The lowest BCUT2D eigenvalue weighted by Gasteiger charge is -2.36. The molecular formula is C23H20Cl2F3N3O3S. The summed E-state index contributed by atoms with van der Waals surface area (Å²) in [7, 11) is -3.93. The summed E-state index contributed by atoms with van der Waals surface area (Å²) in [4.78, 5) is 7.23. The number of benzene rings is 2. The van der Waals surface area contributed by atoms with E-state index in [9.17, 15) is 26.7 Å². The maximum Gasteiger partial charge on any atom is 0.417 e. The number of rotatable bonds is 4. The van der Waals surface area contributed by atoms with Crippen molar-refractivity contribution in [2.75, 3.05) is 0 Å². The molecule has 35 heavy (non-hydrogen) atoms. The smallest absolute Gasteiger partial charge is 0.393 e. The zero-order chi connectivity index (χ0) is 25.1. The zero-order valence-electron chi connectivity index (χ0n) is 18.1. The van der Waals surface area contributed by atoms with Crippen LogP contribution in [0.2, 0.25) is 10.0 Å². The third-order valence-corrected chi connectivity index (χ3v) is 9.36. The van der Waals surface area contributed by atoms with Crippen LogP contribution < -0.4 is 0 Å². The number of fused-ring (bicyclic) bond motifs is 2. The molecule has 0 spiro atoms. The average Bonchev–Trinajstić information content (AvgIpc) is 3.37. The van der Waals surface area contributed by atoms with Gasteiger partial charge in [-0.3, -0.25) is 0 Å². The van der Waals surface area contributed by atoms with Gasteiger partial charge in [0.2, 0.25) is 10.0 Å². The number of nitrogens with one attached hydrogen (secondary N) is 1. The van der Waals surface area contributed by atoms with E-state index in [1.807, 2.05) is 0 Å². The first kappa shape index (κ1) is 24.6. The number of aliphatic hydroxyl groups is 1. The van der Waals surface area contributed by atoms with Gasteiger partial charge in [-0.05, 0) is 56.0 Å². The van der Waals surface area contributed by atoms with E-state index >= 15 is 0 Å². The fraction of sp³-hybridized carbons (Fsp3) is 0.348. The number of aliphatic hydroxyl groups excluding tert-OH is 1. The lowest BCUT2D eigenvalue weighted by Crippen LogP contribution is -2.47. The molecule has 0 radical (unpaired) electrons. The molecule has 6 nitrogen and oxygen atoms in total. The minimum atomic E-state index is -4.56. The summed E-state index contributed by atoms with van der Waals surface area (Å²) in [6, 6.07) is 7.35. The Morgan fingerprint density at radius 2 is 1.66 bits per heavy atom. The number of hydrogen-bond donors (Lipinski definition) is 2. The van der Waals surface area contributed by atoms with E-state index < -0.39 is 32.9 Å². The van der Waals surface area contributed by atoms with Crippen molar-refractivity contribution >= 4 is 33.2 Å². The largest absolute Gasteiger partial charge is 0.417 e. The van der Waals surface area contributed by atoms with Gasteiger partial charge < -0.3 is 10.1 Å². The average molecular weight is 546 g/mol.